The van der Waals surface area contributed by atoms with Gasteiger partial charge in [0.15, 0.2) is 12.2 Å². The number of anilines is 1. The number of aryl methyl sites for hydroxylation is 1. The number of carbonyl (C=O) groups excluding carboxylic acids is 3. The van der Waals surface area contributed by atoms with Crippen molar-refractivity contribution < 1.29 is 23.9 Å². The van der Waals surface area contributed by atoms with E-state index in [2.05, 4.69) is 10.8 Å². The summed E-state index contributed by atoms with van der Waals surface area (Å²) in [5.41, 5.74) is 3.24. The van der Waals surface area contributed by atoms with Gasteiger partial charge in [0.2, 0.25) is 0 Å². The highest BCUT2D eigenvalue weighted by atomic mass is 16.6. The number of fused-ring (bicyclic) bond motifs is 2. The van der Waals surface area contributed by atoms with E-state index in [0.717, 1.165) is 16.8 Å². The second-order valence-electron chi connectivity index (χ2n) is 9.14. The minimum absolute atomic E-state index is 0.0270. The zero-order valence-electron chi connectivity index (χ0n) is 19.7. The number of benzene rings is 2. The van der Waals surface area contributed by atoms with Gasteiger partial charge in [-0.25, -0.2) is 9.59 Å². The molecule has 1 atom stereocenters. The first-order valence-corrected chi connectivity index (χ1v) is 11.7. The Labute approximate surface area is 204 Å². The van der Waals surface area contributed by atoms with Gasteiger partial charge in [-0.15, -0.1) is 6.42 Å². The van der Waals surface area contributed by atoms with Crippen molar-refractivity contribution in [2.45, 2.75) is 18.9 Å². The number of esters is 1. The van der Waals surface area contributed by atoms with Crippen molar-refractivity contribution in [1.29, 1.82) is 0 Å². The summed E-state index contributed by atoms with van der Waals surface area (Å²) in [6.45, 7) is 5.20. The van der Waals surface area contributed by atoms with Crippen molar-refractivity contribution in [3.63, 3.8) is 0 Å². The Hall–Kier alpha value is -3.99. The summed E-state index contributed by atoms with van der Waals surface area (Å²) in [4.78, 5) is 43.4. The topological polar surface area (TPSA) is 79.4 Å². The molecule has 2 aromatic rings. The third-order valence-electron chi connectivity index (χ3n) is 7.07. The molecule has 0 aromatic heterocycles. The number of hydrogen-bond donors (Lipinski definition) is 0. The maximum Gasteiger partial charge on any atom is 0.410 e. The Morgan fingerprint density at radius 2 is 1.86 bits per heavy atom. The van der Waals surface area contributed by atoms with E-state index in [0.29, 0.717) is 56.8 Å². The lowest BCUT2D eigenvalue weighted by atomic mass is 9.91. The van der Waals surface area contributed by atoms with E-state index in [1.807, 2.05) is 43.3 Å². The van der Waals surface area contributed by atoms with Crippen LogP contribution in [0.5, 0.6) is 0 Å². The summed E-state index contributed by atoms with van der Waals surface area (Å²) in [6.07, 6.45) is 5.35. The Kier molecular flexibility index (Phi) is 5.85. The molecule has 0 aliphatic carbocycles. The van der Waals surface area contributed by atoms with Crippen LogP contribution in [-0.4, -0.2) is 73.6 Å². The van der Waals surface area contributed by atoms with Crippen LogP contribution in [0.1, 0.15) is 38.3 Å². The molecule has 5 rings (SSSR count). The number of piperazine rings is 1. The van der Waals surface area contributed by atoms with Gasteiger partial charge in [0.25, 0.3) is 5.91 Å². The van der Waals surface area contributed by atoms with E-state index in [1.54, 1.807) is 15.9 Å². The van der Waals surface area contributed by atoms with Crippen LogP contribution in [0.2, 0.25) is 0 Å². The average molecular weight is 474 g/mol. The Balaban J connectivity index is 1.25. The fourth-order valence-corrected chi connectivity index (χ4v) is 5.20. The first-order chi connectivity index (χ1) is 16.9. The highest BCUT2D eigenvalue weighted by Gasteiger charge is 2.51. The van der Waals surface area contributed by atoms with Crippen LogP contribution >= 0.6 is 0 Å². The molecule has 1 spiro atoms. The smallest absolute Gasteiger partial charge is 0.410 e. The summed E-state index contributed by atoms with van der Waals surface area (Å²) in [5.74, 6) is 1.92. The lowest BCUT2D eigenvalue weighted by Gasteiger charge is -2.35. The van der Waals surface area contributed by atoms with Gasteiger partial charge in [-0.05, 0) is 36.8 Å². The molecule has 0 bridgehead atoms. The minimum atomic E-state index is -0.752. The molecular formula is C27H27N3O5. The van der Waals surface area contributed by atoms with E-state index in [1.165, 1.54) is 0 Å². The van der Waals surface area contributed by atoms with E-state index in [-0.39, 0.29) is 18.5 Å². The molecule has 2 amide bonds. The summed E-state index contributed by atoms with van der Waals surface area (Å²) in [6, 6.07) is 13.2. The molecule has 8 nitrogen and oxygen atoms in total. The third-order valence-corrected chi connectivity index (χ3v) is 7.07. The molecule has 2 fully saturated rings. The minimum Gasteiger partial charge on any atom is -0.449 e. The molecule has 3 aliphatic heterocycles. The fraction of sp³-hybridized carbons (Fsp3) is 0.370. The summed E-state index contributed by atoms with van der Waals surface area (Å²) >= 11 is 0. The van der Waals surface area contributed by atoms with Crippen LogP contribution in [0.3, 0.4) is 0 Å². The van der Waals surface area contributed by atoms with Gasteiger partial charge in [-0.1, -0.05) is 24.1 Å². The lowest BCUT2D eigenvalue weighted by Crippen LogP contribution is -2.49. The molecule has 0 radical (unpaired) electrons. The lowest BCUT2D eigenvalue weighted by molar-refractivity contribution is -0.00307. The van der Waals surface area contributed by atoms with E-state index < -0.39 is 11.7 Å². The van der Waals surface area contributed by atoms with Gasteiger partial charge >= 0.3 is 12.1 Å². The van der Waals surface area contributed by atoms with E-state index in [4.69, 9.17) is 15.9 Å². The van der Waals surface area contributed by atoms with E-state index in [9.17, 15) is 14.4 Å². The van der Waals surface area contributed by atoms with Crippen LogP contribution in [0.15, 0.2) is 42.5 Å². The van der Waals surface area contributed by atoms with Crippen LogP contribution in [0, 0.1) is 19.3 Å². The quantitative estimate of drug-likeness (QED) is 0.504. The number of rotatable bonds is 3. The van der Waals surface area contributed by atoms with Crippen LogP contribution < -0.4 is 4.90 Å². The summed E-state index contributed by atoms with van der Waals surface area (Å²) < 4.78 is 10.8. The van der Waals surface area contributed by atoms with Gasteiger partial charge in [0.1, 0.15) is 0 Å². The maximum absolute atomic E-state index is 13.4. The van der Waals surface area contributed by atoms with Gasteiger partial charge < -0.3 is 24.2 Å². The van der Waals surface area contributed by atoms with Crippen LogP contribution in [-0.2, 0) is 15.1 Å². The predicted molar refractivity (Wildman–Crippen MR) is 129 cm³/mol. The molecule has 3 heterocycles. The number of likely N-dealkylation sites (tertiary alicyclic amines) is 1. The zero-order valence-corrected chi connectivity index (χ0v) is 19.7. The second kappa shape index (κ2) is 8.99. The first-order valence-electron chi connectivity index (χ1n) is 11.7. The number of hydrogen-bond acceptors (Lipinski definition) is 6. The number of nitrogens with zero attached hydrogens (tertiary/aromatic N) is 3. The Morgan fingerprint density at radius 3 is 2.60 bits per heavy atom. The van der Waals surface area contributed by atoms with Crippen molar-refractivity contribution in [2.24, 2.45) is 0 Å². The largest absolute Gasteiger partial charge is 0.449 e. The third kappa shape index (κ3) is 4.08. The highest BCUT2D eigenvalue weighted by Crippen LogP contribution is 2.43. The molecule has 2 aromatic carbocycles. The van der Waals surface area contributed by atoms with Gasteiger partial charge in [-0.2, -0.15) is 0 Å². The molecule has 0 saturated carbocycles. The molecule has 180 valence electrons. The first kappa shape index (κ1) is 22.8. The average Bonchev–Trinajstić information content (AvgIpc) is 3.43. The van der Waals surface area contributed by atoms with Crippen molar-refractivity contribution in [3.8, 4) is 12.3 Å². The highest BCUT2D eigenvalue weighted by molar-refractivity contribution is 5.97. The number of carbonyl (C=O) groups is 3. The summed E-state index contributed by atoms with van der Waals surface area (Å²) in [7, 11) is 0. The molecule has 3 aliphatic rings. The Bertz CT molecular complexity index is 1230. The van der Waals surface area contributed by atoms with E-state index >= 15 is 0 Å². The molecule has 0 N–H and O–H groups in total. The SMILES string of the molecule is C#CCOC(=O)N1CCN(c2ccc(C(=O)N3CC[C@@]4(C3)OC(=O)c3ccccc34)c(C)c2)CC1. The molecule has 0 unspecified atom stereocenters. The predicted octanol–water partition coefficient (Wildman–Crippen LogP) is 2.80. The van der Waals surface area contributed by atoms with Crippen molar-refractivity contribution in [1.82, 2.24) is 9.80 Å². The monoisotopic (exact) mass is 473 g/mol. The number of terminal acetylenes is 1. The van der Waals surface area contributed by atoms with Crippen LogP contribution in [0.4, 0.5) is 10.5 Å². The zero-order chi connectivity index (χ0) is 24.6. The Morgan fingerprint density at radius 1 is 1.09 bits per heavy atom. The molecule has 8 heteroatoms. The molecule has 2 saturated heterocycles. The van der Waals surface area contributed by atoms with Crippen molar-refractivity contribution in [3.05, 3.63) is 64.7 Å². The molecular weight excluding hydrogens is 446 g/mol. The van der Waals surface area contributed by atoms with Gasteiger partial charge in [0, 0.05) is 56.0 Å². The number of amides is 2. The van der Waals surface area contributed by atoms with Gasteiger partial charge in [-0.3, -0.25) is 4.79 Å². The van der Waals surface area contributed by atoms with Crippen molar-refractivity contribution >= 4 is 23.7 Å². The normalized spacial score (nSPS) is 21.0. The number of ether oxygens (including phenoxy) is 2. The molecule has 35 heavy (non-hydrogen) atoms. The standard InChI is InChI=1S/C27H27N3O5/c1-3-16-34-26(33)29-14-12-28(13-15-29)20-8-9-21(19(2)17-20)24(31)30-11-10-27(18-30)23-7-5-4-6-22(23)25(32)35-27/h1,4-9,17H,10-16,18H2,2H3/t27-/m0/s1. The summed E-state index contributed by atoms with van der Waals surface area (Å²) in [5, 5.41) is 0. The van der Waals surface area contributed by atoms with Crippen molar-refractivity contribution in [2.75, 3.05) is 50.8 Å². The maximum atomic E-state index is 13.4. The second-order valence-corrected chi connectivity index (χ2v) is 9.14. The van der Waals surface area contributed by atoms with Crippen LogP contribution in [0.25, 0.3) is 0 Å². The van der Waals surface area contributed by atoms with Gasteiger partial charge in [0.05, 0.1) is 12.1 Å². The fourth-order valence-electron chi connectivity index (χ4n) is 5.20.